The Morgan fingerprint density at radius 2 is 2.07 bits per heavy atom. The van der Waals surface area contributed by atoms with Crippen molar-refractivity contribution in [2.24, 2.45) is 0 Å². The van der Waals surface area contributed by atoms with Gasteiger partial charge in [-0.1, -0.05) is 12.1 Å². The second-order valence-corrected chi connectivity index (χ2v) is 3.32. The van der Waals surface area contributed by atoms with E-state index in [1.54, 1.807) is 19.1 Å². The van der Waals surface area contributed by atoms with Crippen LogP contribution in [0.1, 0.15) is 18.1 Å². The normalized spacial score (nSPS) is 11.8. The number of Topliss-reactive ketones (excluding diaryl/α,β-unsaturated/α-hetero) is 1. The van der Waals surface area contributed by atoms with Gasteiger partial charge in [-0.25, -0.2) is 0 Å². The molecule has 0 amide bonds. The lowest BCUT2D eigenvalue weighted by molar-refractivity contribution is -0.402. The van der Waals surface area contributed by atoms with Gasteiger partial charge in [-0.2, -0.15) is 5.26 Å². The predicted molar refractivity (Wildman–Crippen MR) is 52.2 cm³/mol. The number of carbonyl (C=O) groups excluding carboxylic acids is 1. The van der Waals surface area contributed by atoms with Crippen LogP contribution < -0.4 is 5.73 Å². The summed E-state index contributed by atoms with van der Waals surface area (Å²) in [6, 6.07) is 9.08. The van der Waals surface area contributed by atoms with E-state index in [9.17, 15) is 4.79 Å². The molecule has 1 aromatic rings. The first-order valence-corrected chi connectivity index (χ1v) is 4.46. The molecular weight excluding hydrogens is 176 g/mol. The quantitative estimate of drug-likeness (QED) is 0.743. The van der Waals surface area contributed by atoms with Crippen LogP contribution in [-0.4, -0.2) is 11.8 Å². The first-order valence-electron chi connectivity index (χ1n) is 4.46. The number of benzene rings is 1. The van der Waals surface area contributed by atoms with Crippen LogP contribution in [0.3, 0.4) is 0 Å². The van der Waals surface area contributed by atoms with E-state index < -0.39 is 0 Å². The molecule has 0 aliphatic rings. The predicted octanol–water partition coefficient (Wildman–Crippen LogP) is 0.300. The van der Waals surface area contributed by atoms with Gasteiger partial charge in [-0.05, 0) is 17.7 Å². The fraction of sp³-hybridized carbons (Fsp3) is 0.273. The zero-order chi connectivity index (χ0) is 10.6. The average molecular weight is 189 g/mol. The topological polar surface area (TPSA) is 68.5 Å². The van der Waals surface area contributed by atoms with Gasteiger partial charge >= 0.3 is 0 Å². The van der Waals surface area contributed by atoms with Crippen LogP contribution in [0, 0.1) is 11.3 Å². The van der Waals surface area contributed by atoms with Gasteiger partial charge in [-0.3, -0.25) is 4.79 Å². The van der Waals surface area contributed by atoms with Gasteiger partial charge in [0.1, 0.15) is 6.04 Å². The van der Waals surface area contributed by atoms with E-state index in [-0.39, 0.29) is 11.8 Å². The Morgan fingerprint density at radius 3 is 2.50 bits per heavy atom. The fourth-order valence-electron chi connectivity index (χ4n) is 1.14. The molecule has 0 unspecified atom stereocenters. The van der Waals surface area contributed by atoms with E-state index in [0.29, 0.717) is 12.0 Å². The van der Waals surface area contributed by atoms with Crippen LogP contribution in [0.4, 0.5) is 0 Å². The van der Waals surface area contributed by atoms with Crippen LogP contribution in [0.2, 0.25) is 0 Å². The number of carbonyl (C=O) groups is 1. The minimum Gasteiger partial charge on any atom is -0.349 e. The van der Waals surface area contributed by atoms with Gasteiger partial charge in [0.2, 0.25) is 0 Å². The third-order valence-electron chi connectivity index (χ3n) is 2.14. The molecule has 1 aromatic carbocycles. The smallest absolute Gasteiger partial charge is 0.187 e. The molecule has 0 heterocycles. The Kier molecular flexibility index (Phi) is 3.38. The molecule has 14 heavy (non-hydrogen) atoms. The third-order valence-corrected chi connectivity index (χ3v) is 2.14. The van der Waals surface area contributed by atoms with Crippen LogP contribution in [0.25, 0.3) is 0 Å². The van der Waals surface area contributed by atoms with Gasteiger partial charge in [0.25, 0.3) is 0 Å². The summed E-state index contributed by atoms with van der Waals surface area (Å²) in [5.74, 6) is 0.0920. The lowest BCUT2D eigenvalue weighted by atomic mass is 10.0. The van der Waals surface area contributed by atoms with Crippen molar-refractivity contribution >= 4 is 5.78 Å². The zero-order valence-corrected chi connectivity index (χ0v) is 8.16. The van der Waals surface area contributed by atoms with Crippen molar-refractivity contribution < 1.29 is 10.5 Å². The summed E-state index contributed by atoms with van der Waals surface area (Å²) in [4.78, 5) is 11.0. The Labute approximate surface area is 83.2 Å². The first-order chi connectivity index (χ1) is 6.63. The largest absolute Gasteiger partial charge is 0.349 e. The van der Waals surface area contributed by atoms with Crippen LogP contribution in [-0.2, 0) is 11.2 Å². The highest BCUT2D eigenvalue weighted by Crippen LogP contribution is 2.05. The zero-order valence-electron chi connectivity index (χ0n) is 8.16. The summed E-state index contributed by atoms with van der Waals surface area (Å²) in [5.41, 5.74) is 5.44. The number of nitriles is 1. The maximum Gasteiger partial charge on any atom is 0.187 e. The van der Waals surface area contributed by atoms with Crippen LogP contribution in [0.15, 0.2) is 24.3 Å². The minimum atomic E-state index is -0.192. The number of ketones is 1. The average Bonchev–Trinajstić information content (AvgIpc) is 2.19. The second-order valence-electron chi connectivity index (χ2n) is 3.32. The highest BCUT2D eigenvalue weighted by atomic mass is 16.1. The molecule has 1 rings (SSSR count). The molecule has 0 saturated heterocycles. The summed E-state index contributed by atoms with van der Waals surface area (Å²) in [6.45, 7) is 1.54. The number of nitrogens with zero attached hydrogens (tertiary/aromatic N) is 1. The Balaban J connectivity index is 2.70. The summed E-state index contributed by atoms with van der Waals surface area (Å²) in [6.07, 6.45) is 0.640. The van der Waals surface area contributed by atoms with Gasteiger partial charge in [0, 0.05) is 13.3 Å². The maximum atomic E-state index is 11.0. The Morgan fingerprint density at radius 1 is 1.50 bits per heavy atom. The molecule has 0 aliphatic carbocycles. The molecule has 72 valence electrons. The summed E-state index contributed by atoms with van der Waals surface area (Å²) < 4.78 is 0. The van der Waals surface area contributed by atoms with Crippen molar-refractivity contribution in [3.63, 3.8) is 0 Å². The van der Waals surface area contributed by atoms with Gasteiger partial charge in [0.05, 0.1) is 11.6 Å². The number of hydrogen-bond donors (Lipinski definition) is 1. The fourth-order valence-corrected chi connectivity index (χ4v) is 1.14. The molecule has 0 aromatic heterocycles. The van der Waals surface area contributed by atoms with Crippen molar-refractivity contribution in [2.75, 3.05) is 0 Å². The number of quaternary nitrogens is 1. The van der Waals surface area contributed by atoms with Crippen molar-refractivity contribution in [2.45, 2.75) is 19.4 Å². The molecule has 1 atom stereocenters. The molecule has 0 fully saturated rings. The van der Waals surface area contributed by atoms with E-state index in [2.05, 4.69) is 5.73 Å². The third kappa shape index (κ3) is 2.68. The van der Waals surface area contributed by atoms with Crippen LogP contribution >= 0.6 is 0 Å². The Bertz CT molecular complexity index is 362. The van der Waals surface area contributed by atoms with Gasteiger partial charge in [-0.15, -0.1) is 0 Å². The molecule has 3 nitrogen and oxygen atoms in total. The number of hydrogen-bond acceptors (Lipinski definition) is 2. The van der Waals surface area contributed by atoms with Crippen molar-refractivity contribution in [1.29, 1.82) is 5.26 Å². The van der Waals surface area contributed by atoms with Gasteiger partial charge < -0.3 is 5.73 Å². The van der Waals surface area contributed by atoms with E-state index in [1.807, 2.05) is 18.2 Å². The van der Waals surface area contributed by atoms with Gasteiger partial charge in [0.15, 0.2) is 5.78 Å². The van der Waals surface area contributed by atoms with Crippen molar-refractivity contribution in [3.05, 3.63) is 35.4 Å². The van der Waals surface area contributed by atoms with E-state index >= 15 is 0 Å². The molecule has 0 aliphatic heterocycles. The standard InChI is InChI=1S/C11H12N2O/c1-8(14)11(13)6-9-2-4-10(7-12)5-3-9/h2-5,11H,6,13H2,1H3/p+1/t11-/m0/s1. The minimum absolute atomic E-state index is 0.0920. The summed E-state index contributed by atoms with van der Waals surface area (Å²) in [7, 11) is 0. The summed E-state index contributed by atoms with van der Waals surface area (Å²) >= 11 is 0. The van der Waals surface area contributed by atoms with E-state index in [0.717, 1.165) is 5.56 Å². The van der Waals surface area contributed by atoms with Crippen LogP contribution in [0.5, 0.6) is 0 Å². The molecule has 0 spiro atoms. The maximum absolute atomic E-state index is 11.0. The highest BCUT2D eigenvalue weighted by Gasteiger charge is 2.12. The second kappa shape index (κ2) is 4.54. The first kappa shape index (κ1) is 10.4. The Hall–Kier alpha value is -1.66. The summed E-state index contributed by atoms with van der Waals surface area (Å²) in [5, 5.41) is 8.58. The SMILES string of the molecule is CC(=O)[C@@H]([NH3+])Cc1ccc(C#N)cc1. The van der Waals surface area contributed by atoms with Crippen molar-refractivity contribution in [3.8, 4) is 6.07 Å². The lowest BCUT2D eigenvalue weighted by Gasteiger charge is -2.04. The molecule has 0 saturated carbocycles. The van der Waals surface area contributed by atoms with Crippen molar-refractivity contribution in [1.82, 2.24) is 0 Å². The molecule has 3 heteroatoms. The molecule has 3 N–H and O–H groups in total. The number of rotatable bonds is 3. The molecule has 0 bridgehead atoms. The van der Waals surface area contributed by atoms with E-state index in [1.165, 1.54) is 0 Å². The monoisotopic (exact) mass is 189 g/mol. The van der Waals surface area contributed by atoms with E-state index in [4.69, 9.17) is 5.26 Å². The highest BCUT2D eigenvalue weighted by molar-refractivity contribution is 5.80. The molecule has 0 radical (unpaired) electrons. The molecular formula is C11H13N2O+. The lowest BCUT2D eigenvalue weighted by Crippen LogP contribution is -2.65.